The third-order valence-corrected chi connectivity index (χ3v) is 4.98. The molecule has 8 heteroatoms. The van der Waals surface area contributed by atoms with Crippen LogP contribution in [0.5, 0.6) is 0 Å². The number of anilines is 1. The van der Waals surface area contributed by atoms with Gasteiger partial charge >= 0.3 is 0 Å². The summed E-state index contributed by atoms with van der Waals surface area (Å²) in [5.74, 6) is 3.33. The average molecular weight is 354 g/mol. The summed E-state index contributed by atoms with van der Waals surface area (Å²) < 4.78 is 4.21. The van der Waals surface area contributed by atoms with Crippen LogP contribution in [0, 0.1) is 0 Å². The lowest BCUT2D eigenvalue weighted by Crippen LogP contribution is -2.38. The highest BCUT2D eigenvalue weighted by atomic mass is 15.4. The van der Waals surface area contributed by atoms with Gasteiger partial charge in [-0.15, -0.1) is 10.2 Å². The lowest BCUT2D eigenvalue weighted by Gasteiger charge is -2.35. The summed E-state index contributed by atoms with van der Waals surface area (Å²) in [6.07, 6.45) is 3.51. The van der Waals surface area contributed by atoms with Crippen molar-refractivity contribution in [2.45, 2.75) is 65.6 Å². The molecule has 0 saturated carbocycles. The Hall–Kier alpha value is -2.51. The van der Waals surface area contributed by atoms with Crippen molar-refractivity contribution in [1.29, 1.82) is 0 Å². The van der Waals surface area contributed by atoms with Crippen molar-refractivity contribution in [3.63, 3.8) is 0 Å². The predicted octanol–water partition coefficient (Wildman–Crippen LogP) is 2.88. The van der Waals surface area contributed by atoms with E-state index in [0.717, 1.165) is 41.6 Å². The molecule has 4 rings (SSSR count). The Morgan fingerprint density at radius 2 is 1.88 bits per heavy atom. The van der Waals surface area contributed by atoms with Gasteiger partial charge in [0, 0.05) is 19.0 Å². The summed E-state index contributed by atoms with van der Waals surface area (Å²) in [7, 11) is 0. The van der Waals surface area contributed by atoms with Crippen LogP contribution in [0.1, 0.15) is 65.2 Å². The predicted molar refractivity (Wildman–Crippen MR) is 100 cm³/mol. The summed E-state index contributed by atoms with van der Waals surface area (Å²) in [4.78, 5) is 11.4. The summed E-state index contributed by atoms with van der Waals surface area (Å²) in [6.45, 7) is 14.6. The Morgan fingerprint density at radius 1 is 1.12 bits per heavy atom. The zero-order valence-corrected chi connectivity index (χ0v) is 16.3. The fourth-order valence-corrected chi connectivity index (χ4v) is 3.67. The zero-order valence-electron chi connectivity index (χ0n) is 16.3. The van der Waals surface area contributed by atoms with Crippen molar-refractivity contribution >= 4 is 16.9 Å². The van der Waals surface area contributed by atoms with Crippen LogP contribution in [0.2, 0.25) is 0 Å². The summed E-state index contributed by atoms with van der Waals surface area (Å²) in [5, 5.41) is 14.4. The van der Waals surface area contributed by atoms with E-state index in [1.54, 1.807) is 6.33 Å². The third kappa shape index (κ3) is 2.47. The van der Waals surface area contributed by atoms with Gasteiger partial charge < -0.3 is 9.47 Å². The topological polar surface area (TPSA) is 77.6 Å². The van der Waals surface area contributed by atoms with Crippen LogP contribution >= 0.6 is 0 Å². The van der Waals surface area contributed by atoms with Crippen LogP contribution in [0.3, 0.4) is 0 Å². The third-order valence-electron chi connectivity index (χ3n) is 4.98. The van der Waals surface area contributed by atoms with Gasteiger partial charge in [-0.2, -0.15) is 5.10 Å². The Morgan fingerprint density at radius 3 is 2.58 bits per heavy atom. The van der Waals surface area contributed by atoms with Crippen LogP contribution in [-0.2, 0) is 12.1 Å². The quantitative estimate of drug-likeness (QED) is 0.704. The second-order valence-electron chi connectivity index (χ2n) is 8.25. The van der Waals surface area contributed by atoms with E-state index < -0.39 is 0 Å². The molecule has 3 aromatic rings. The molecule has 0 saturated heterocycles. The first-order chi connectivity index (χ1) is 12.3. The highest BCUT2D eigenvalue weighted by Crippen LogP contribution is 2.34. The number of fused-ring (bicyclic) bond motifs is 2. The summed E-state index contributed by atoms with van der Waals surface area (Å²) in [5.41, 5.74) is 0.734. The first-order valence-electron chi connectivity index (χ1n) is 9.18. The van der Waals surface area contributed by atoms with Crippen LogP contribution < -0.4 is 4.90 Å². The Balaban J connectivity index is 1.78. The van der Waals surface area contributed by atoms with Gasteiger partial charge in [0.05, 0.1) is 23.2 Å². The minimum atomic E-state index is -0.132. The number of aromatic nitrogens is 7. The van der Waals surface area contributed by atoms with Gasteiger partial charge in [-0.25, -0.2) is 14.6 Å². The normalized spacial score (nSPS) is 18.0. The maximum absolute atomic E-state index is 4.60. The first-order valence-corrected chi connectivity index (χ1v) is 9.18. The second-order valence-corrected chi connectivity index (χ2v) is 8.25. The molecule has 0 N–H and O–H groups in total. The van der Waals surface area contributed by atoms with E-state index >= 15 is 0 Å². The number of hydrogen-bond donors (Lipinski definition) is 0. The fourth-order valence-electron chi connectivity index (χ4n) is 3.67. The highest BCUT2D eigenvalue weighted by Gasteiger charge is 2.31. The lowest BCUT2D eigenvalue weighted by atomic mass is 10.1. The van der Waals surface area contributed by atoms with Crippen LogP contribution in [0.15, 0.2) is 12.5 Å². The smallest absolute Gasteiger partial charge is 0.163 e. The molecule has 3 aromatic heterocycles. The fraction of sp³-hybridized carbons (Fsp3) is 0.611. The molecule has 0 aliphatic carbocycles. The van der Waals surface area contributed by atoms with E-state index in [4.69, 9.17) is 0 Å². The lowest BCUT2D eigenvalue weighted by molar-refractivity contribution is 0.366. The molecule has 1 aliphatic heterocycles. The Labute approximate surface area is 153 Å². The molecular weight excluding hydrogens is 328 g/mol. The van der Waals surface area contributed by atoms with Crippen LogP contribution in [0.25, 0.3) is 11.0 Å². The molecule has 8 nitrogen and oxygen atoms in total. The van der Waals surface area contributed by atoms with Gasteiger partial charge in [-0.05, 0) is 27.7 Å². The maximum atomic E-state index is 4.60. The number of hydrogen-bond acceptors (Lipinski definition) is 6. The SMILES string of the molecule is CC(C)c1nnc2n1CCN(c1ncnc3c1cnn3C(C)(C)C)C2C. The van der Waals surface area contributed by atoms with E-state index in [0.29, 0.717) is 5.92 Å². The maximum Gasteiger partial charge on any atom is 0.163 e. The van der Waals surface area contributed by atoms with Crippen molar-refractivity contribution in [3.8, 4) is 0 Å². The monoisotopic (exact) mass is 354 g/mol. The van der Waals surface area contributed by atoms with Gasteiger partial charge in [-0.3, -0.25) is 0 Å². The first kappa shape index (κ1) is 16.9. The zero-order chi connectivity index (χ0) is 18.6. The van der Waals surface area contributed by atoms with Gasteiger partial charge in [0.2, 0.25) is 0 Å². The van der Waals surface area contributed by atoms with E-state index in [2.05, 4.69) is 76.3 Å². The molecular formula is C18H26N8. The van der Waals surface area contributed by atoms with Crippen molar-refractivity contribution in [1.82, 2.24) is 34.5 Å². The molecule has 4 heterocycles. The highest BCUT2D eigenvalue weighted by molar-refractivity contribution is 5.87. The van der Waals surface area contributed by atoms with E-state index in [9.17, 15) is 0 Å². The average Bonchev–Trinajstić information content (AvgIpc) is 3.19. The molecule has 138 valence electrons. The summed E-state index contributed by atoms with van der Waals surface area (Å²) in [6, 6.07) is 0.0971. The molecule has 0 aromatic carbocycles. The van der Waals surface area contributed by atoms with Crippen molar-refractivity contribution in [2.24, 2.45) is 0 Å². The largest absolute Gasteiger partial charge is 0.344 e. The molecule has 1 atom stereocenters. The standard InChI is InChI=1S/C18H26N8/c1-11(2)14-22-23-15-12(3)24(7-8-25(14)15)16-13-9-21-26(18(4,5)6)17(13)20-10-19-16/h9-12H,7-8H2,1-6H3. The van der Waals surface area contributed by atoms with Crippen molar-refractivity contribution in [2.75, 3.05) is 11.4 Å². The molecule has 26 heavy (non-hydrogen) atoms. The summed E-state index contributed by atoms with van der Waals surface area (Å²) >= 11 is 0. The molecule has 0 amide bonds. The Bertz CT molecular complexity index is 946. The molecule has 1 unspecified atom stereocenters. The molecule has 0 spiro atoms. The van der Waals surface area contributed by atoms with Gasteiger partial charge in [0.25, 0.3) is 0 Å². The van der Waals surface area contributed by atoms with Crippen molar-refractivity contribution in [3.05, 3.63) is 24.2 Å². The molecule has 0 radical (unpaired) electrons. The van der Waals surface area contributed by atoms with E-state index in [-0.39, 0.29) is 11.6 Å². The molecule has 1 aliphatic rings. The molecule has 0 fully saturated rings. The minimum Gasteiger partial charge on any atom is -0.344 e. The van der Waals surface area contributed by atoms with Gasteiger partial charge in [-0.1, -0.05) is 13.8 Å². The van der Waals surface area contributed by atoms with Crippen LogP contribution in [-0.4, -0.2) is 41.1 Å². The van der Waals surface area contributed by atoms with Gasteiger partial charge in [0.15, 0.2) is 11.5 Å². The van der Waals surface area contributed by atoms with Gasteiger partial charge in [0.1, 0.15) is 18.0 Å². The minimum absolute atomic E-state index is 0.0971. The van der Waals surface area contributed by atoms with Crippen LogP contribution in [0.4, 0.5) is 5.82 Å². The van der Waals surface area contributed by atoms with E-state index in [1.165, 1.54) is 0 Å². The number of rotatable bonds is 2. The number of nitrogens with zero attached hydrogens (tertiary/aromatic N) is 8. The second kappa shape index (κ2) is 5.75. The van der Waals surface area contributed by atoms with E-state index in [1.807, 2.05) is 10.9 Å². The van der Waals surface area contributed by atoms with Crippen molar-refractivity contribution < 1.29 is 0 Å². The molecule has 0 bridgehead atoms. The Kier molecular flexibility index (Phi) is 3.75.